The van der Waals surface area contributed by atoms with Crippen molar-refractivity contribution < 1.29 is 9.32 Å². The summed E-state index contributed by atoms with van der Waals surface area (Å²) in [7, 11) is 0. The molecule has 1 aliphatic heterocycles. The number of hydrogen-bond donors (Lipinski definition) is 0. The topological polar surface area (TPSA) is 76.5 Å². The van der Waals surface area contributed by atoms with Gasteiger partial charge in [0.15, 0.2) is 11.4 Å². The van der Waals surface area contributed by atoms with Gasteiger partial charge in [-0.2, -0.15) is 5.10 Å². The first-order chi connectivity index (χ1) is 14.1. The summed E-state index contributed by atoms with van der Waals surface area (Å²) in [5, 5.41) is 8.78. The Kier molecular flexibility index (Phi) is 4.60. The molecule has 3 aromatic heterocycles. The average Bonchev–Trinajstić information content (AvgIpc) is 3.46. The maximum absolute atomic E-state index is 13.1. The van der Waals surface area contributed by atoms with Gasteiger partial charge >= 0.3 is 0 Å². The van der Waals surface area contributed by atoms with Crippen LogP contribution in [0.15, 0.2) is 22.9 Å². The van der Waals surface area contributed by atoms with Crippen molar-refractivity contribution in [3.8, 4) is 11.3 Å². The summed E-state index contributed by atoms with van der Waals surface area (Å²) >= 11 is 0. The number of piperidine rings is 1. The fourth-order valence-electron chi connectivity index (χ4n) is 4.97. The lowest BCUT2D eigenvalue weighted by molar-refractivity contribution is -0.136. The summed E-state index contributed by atoms with van der Waals surface area (Å²) in [6.07, 6.45) is 8.33. The van der Waals surface area contributed by atoms with Gasteiger partial charge in [-0.25, -0.2) is 9.50 Å². The molecule has 3 aromatic rings. The molecular formula is C22H27N5O2. The van der Waals surface area contributed by atoms with E-state index >= 15 is 0 Å². The van der Waals surface area contributed by atoms with E-state index in [1.165, 1.54) is 12.8 Å². The van der Waals surface area contributed by atoms with Gasteiger partial charge in [-0.15, -0.1) is 0 Å². The van der Waals surface area contributed by atoms with Gasteiger partial charge in [0.25, 0.3) is 0 Å². The van der Waals surface area contributed by atoms with E-state index in [2.05, 4.69) is 15.0 Å². The molecule has 1 saturated heterocycles. The number of aromatic nitrogens is 4. The van der Waals surface area contributed by atoms with Crippen molar-refractivity contribution in [1.82, 2.24) is 24.7 Å². The number of carbonyl (C=O) groups excluding carboxylic acids is 1. The molecule has 2 fully saturated rings. The fraction of sp³-hybridized carbons (Fsp3) is 0.545. The minimum absolute atomic E-state index is 0.194. The maximum Gasteiger partial charge on any atom is 0.225 e. The number of rotatable bonds is 3. The van der Waals surface area contributed by atoms with Crippen LogP contribution >= 0.6 is 0 Å². The van der Waals surface area contributed by atoms with Crippen molar-refractivity contribution in [2.45, 2.75) is 58.3 Å². The zero-order valence-corrected chi connectivity index (χ0v) is 17.1. The van der Waals surface area contributed by atoms with E-state index in [1.807, 2.05) is 36.7 Å². The highest BCUT2D eigenvalue weighted by Gasteiger charge is 2.33. The second-order valence-electron chi connectivity index (χ2n) is 8.55. The van der Waals surface area contributed by atoms with Gasteiger partial charge in [0.1, 0.15) is 0 Å². The quantitative estimate of drug-likeness (QED) is 0.675. The summed E-state index contributed by atoms with van der Waals surface area (Å²) in [4.78, 5) is 19.7. The first-order valence-electron chi connectivity index (χ1n) is 10.7. The first-order valence-corrected chi connectivity index (χ1v) is 10.7. The Morgan fingerprint density at radius 1 is 1.10 bits per heavy atom. The molecule has 0 N–H and O–H groups in total. The van der Waals surface area contributed by atoms with Crippen LogP contribution in [0.2, 0.25) is 0 Å². The van der Waals surface area contributed by atoms with E-state index in [9.17, 15) is 4.79 Å². The number of nitrogens with zero attached hydrogens (tertiary/aromatic N) is 5. The van der Waals surface area contributed by atoms with Crippen LogP contribution in [0.5, 0.6) is 0 Å². The minimum atomic E-state index is 0.194. The molecule has 0 spiro atoms. The Labute approximate surface area is 170 Å². The summed E-state index contributed by atoms with van der Waals surface area (Å²) in [6.45, 7) is 5.48. The van der Waals surface area contributed by atoms with Gasteiger partial charge < -0.3 is 9.42 Å². The van der Waals surface area contributed by atoms with Crippen molar-refractivity contribution >= 4 is 11.6 Å². The molecule has 7 nitrogen and oxygen atoms in total. The second-order valence-corrected chi connectivity index (χ2v) is 8.55. The number of likely N-dealkylation sites (tertiary alicyclic amines) is 1. The van der Waals surface area contributed by atoms with Crippen LogP contribution in [-0.4, -0.2) is 43.7 Å². The molecular weight excluding hydrogens is 366 g/mol. The van der Waals surface area contributed by atoms with E-state index in [0.717, 1.165) is 67.1 Å². The van der Waals surface area contributed by atoms with Crippen LogP contribution in [0.1, 0.15) is 61.5 Å². The highest BCUT2D eigenvalue weighted by atomic mass is 16.5. The number of aryl methyl sites for hydroxylation is 2. The third-order valence-corrected chi connectivity index (χ3v) is 6.36. The lowest BCUT2D eigenvalue weighted by Gasteiger charge is -2.35. The Hall–Kier alpha value is -2.70. The summed E-state index contributed by atoms with van der Waals surface area (Å²) in [5.74, 6) is 1.46. The Balaban J connectivity index is 1.54. The Morgan fingerprint density at radius 2 is 1.93 bits per heavy atom. The van der Waals surface area contributed by atoms with Crippen molar-refractivity contribution in [3.63, 3.8) is 0 Å². The molecule has 4 heterocycles. The van der Waals surface area contributed by atoms with Crippen LogP contribution in [-0.2, 0) is 4.79 Å². The van der Waals surface area contributed by atoms with Gasteiger partial charge in [-0.3, -0.25) is 4.79 Å². The number of hydrogen-bond acceptors (Lipinski definition) is 5. The highest BCUT2D eigenvalue weighted by Crippen LogP contribution is 2.36. The standard InChI is InChI=1S/C22H27N5O2/c1-14-11-20-23-12-18(19-10-15(2)25-29-19)21(27(20)24-14)17-8-5-9-26(13-17)22(28)16-6-3-4-7-16/h10-12,16-17H,3-9,13H2,1-2H3/t17-/m0/s1. The van der Waals surface area contributed by atoms with Crippen LogP contribution in [0.3, 0.4) is 0 Å². The van der Waals surface area contributed by atoms with Crippen LogP contribution in [0.25, 0.3) is 17.0 Å². The summed E-state index contributed by atoms with van der Waals surface area (Å²) < 4.78 is 7.52. The molecule has 0 radical (unpaired) electrons. The molecule has 5 rings (SSSR count). The van der Waals surface area contributed by atoms with Gasteiger partial charge in [-0.1, -0.05) is 18.0 Å². The maximum atomic E-state index is 13.1. The number of carbonyl (C=O) groups is 1. The van der Waals surface area contributed by atoms with Crippen molar-refractivity contribution in [1.29, 1.82) is 0 Å². The van der Waals surface area contributed by atoms with E-state index < -0.39 is 0 Å². The van der Waals surface area contributed by atoms with Gasteiger partial charge in [0, 0.05) is 43.3 Å². The molecule has 1 aliphatic carbocycles. The Bertz CT molecular complexity index is 1050. The molecule has 0 aromatic carbocycles. The van der Waals surface area contributed by atoms with E-state index in [4.69, 9.17) is 9.62 Å². The third kappa shape index (κ3) is 3.32. The minimum Gasteiger partial charge on any atom is -0.356 e. The van der Waals surface area contributed by atoms with Crippen molar-refractivity contribution in [2.24, 2.45) is 5.92 Å². The lowest BCUT2D eigenvalue weighted by atomic mass is 9.90. The molecule has 2 aliphatic rings. The number of fused-ring (bicyclic) bond motifs is 1. The predicted molar refractivity (Wildman–Crippen MR) is 108 cm³/mol. The fourth-order valence-corrected chi connectivity index (χ4v) is 4.97. The number of amides is 1. The van der Waals surface area contributed by atoms with Gasteiger partial charge in [0.05, 0.1) is 22.6 Å². The Morgan fingerprint density at radius 3 is 2.69 bits per heavy atom. The SMILES string of the molecule is Cc1cc(-c2cnc3cc(C)nn3c2[C@H]2CCCN(C(=O)C3CCCC3)C2)on1. The van der Waals surface area contributed by atoms with Crippen LogP contribution < -0.4 is 0 Å². The molecule has 1 atom stereocenters. The van der Waals surface area contributed by atoms with E-state index in [0.29, 0.717) is 11.7 Å². The molecule has 0 bridgehead atoms. The highest BCUT2D eigenvalue weighted by molar-refractivity contribution is 5.79. The van der Waals surface area contributed by atoms with Crippen LogP contribution in [0.4, 0.5) is 0 Å². The summed E-state index contributed by atoms with van der Waals surface area (Å²) in [6, 6.07) is 3.93. The smallest absolute Gasteiger partial charge is 0.225 e. The van der Waals surface area contributed by atoms with Crippen LogP contribution in [0, 0.1) is 19.8 Å². The molecule has 29 heavy (non-hydrogen) atoms. The normalized spacial score (nSPS) is 20.6. The first kappa shape index (κ1) is 18.3. The molecule has 1 saturated carbocycles. The summed E-state index contributed by atoms with van der Waals surface area (Å²) in [5.41, 5.74) is 4.59. The van der Waals surface area contributed by atoms with Crippen molar-refractivity contribution in [3.05, 3.63) is 35.4 Å². The molecule has 0 unspecified atom stereocenters. The molecule has 1 amide bonds. The monoisotopic (exact) mass is 393 g/mol. The third-order valence-electron chi connectivity index (χ3n) is 6.36. The van der Waals surface area contributed by atoms with Crippen molar-refractivity contribution in [2.75, 3.05) is 13.1 Å². The van der Waals surface area contributed by atoms with E-state index in [-0.39, 0.29) is 11.8 Å². The average molecular weight is 393 g/mol. The predicted octanol–water partition coefficient (Wildman–Crippen LogP) is 3.90. The van der Waals surface area contributed by atoms with Gasteiger partial charge in [0.2, 0.25) is 5.91 Å². The second kappa shape index (κ2) is 7.28. The molecule has 152 valence electrons. The molecule has 7 heteroatoms. The zero-order chi connectivity index (χ0) is 20.0. The van der Waals surface area contributed by atoms with E-state index in [1.54, 1.807) is 0 Å². The van der Waals surface area contributed by atoms with Gasteiger partial charge in [-0.05, 0) is 39.5 Å². The lowest BCUT2D eigenvalue weighted by Crippen LogP contribution is -2.42. The largest absolute Gasteiger partial charge is 0.356 e. The zero-order valence-electron chi connectivity index (χ0n) is 17.1.